The van der Waals surface area contributed by atoms with Crippen LogP contribution in [0.5, 0.6) is 0 Å². The van der Waals surface area contributed by atoms with Crippen LogP contribution < -0.4 is 0 Å². The van der Waals surface area contributed by atoms with E-state index >= 15 is 0 Å². The summed E-state index contributed by atoms with van der Waals surface area (Å²) in [6, 6.07) is 13.3. The van der Waals surface area contributed by atoms with E-state index in [1.165, 1.54) is 35.6 Å². The number of benzene rings is 1. The SMILES string of the molecule is CN(C)CCCn1c(-c2ccccc2)cc2c1CCSC2. The molecule has 0 saturated heterocycles. The van der Waals surface area contributed by atoms with Crippen molar-refractivity contribution in [3.63, 3.8) is 0 Å². The van der Waals surface area contributed by atoms with E-state index in [2.05, 4.69) is 71.7 Å². The molecule has 2 aromatic rings. The molecule has 0 N–H and O–H groups in total. The van der Waals surface area contributed by atoms with E-state index in [0.29, 0.717) is 0 Å². The number of rotatable bonds is 5. The Balaban J connectivity index is 1.92. The quantitative estimate of drug-likeness (QED) is 0.827. The summed E-state index contributed by atoms with van der Waals surface area (Å²) in [5.41, 5.74) is 5.88. The summed E-state index contributed by atoms with van der Waals surface area (Å²) >= 11 is 2.06. The van der Waals surface area contributed by atoms with Crippen LogP contribution in [0.15, 0.2) is 36.4 Å². The van der Waals surface area contributed by atoms with E-state index in [-0.39, 0.29) is 0 Å². The van der Waals surface area contributed by atoms with Gasteiger partial charge in [0.15, 0.2) is 0 Å². The van der Waals surface area contributed by atoms with Crippen molar-refractivity contribution in [3.8, 4) is 11.3 Å². The van der Waals surface area contributed by atoms with Crippen LogP contribution in [-0.2, 0) is 18.7 Å². The topological polar surface area (TPSA) is 8.17 Å². The molecule has 0 aliphatic carbocycles. The maximum Gasteiger partial charge on any atom is 0.0485 e. The first-order chi connectivity index (χ1) is 10.3. The molecule has 0 unspecified atom stereocenters. The van der Waals surface area contributed by atoms with Gasteiger partial charge in [0.2, 0.25) is 0 Å². The molecule has 1 aliphatic heterocycles. The summed E-state index contributed by atoms with van der Waals surface area (Å²) in [7, 11) is 4.31. The predicted octanol–water partition coefficient (Wildman–Crippen LogP) is 3.90. The third-order valence-corrected chi connectivity index (χ3v) is 5.10. The molecular weight excluding hydrogens is 276 g/mol. The van der Waals surface area contributed by atoms with Crippen molar-refractivity contribution in [3.05, 3.63) is 47.7 Å². The maximum atomic E-state index is 2.58. The largest absolute Gasteiger partial charge is 0.344 e. The first kappa shape index (κ1) is 14.7. The molecule has 112 valence electrons. The van der Waals surface area contributed by atoms with E-state index in [1.54, 1.807) is 11.3 Å². The second-order valence-corrected chi connectivity index (χ2v) is 7.08. The summed E-state index contributed by atoms with van der Waals surface area (Å²) in [5.74, 6) is 2.44. The first-order valence-corrected chi connectivity index (χ1v) is 8.90. The third-order valence-electron chi connectivity index (χ3n) is 4.10. The van der Waals surface area contributed by atoms with E-state index in [0.717, 1.165) is 13.1 Å². The van der Waals surface area contributed by atoms with Crippen molar-refractivity contribution in [2.75, 3.05) is 26.4 Å². The minimum absolute atomic E-state index is 1.13. The fourth-order valence-electron chi connectivity index (χ4n) is 3.07. The van der Waals surface area contributed by atoms with Gasteiger partial charge in [-0.3, -0.25) is 0 Å². The summed E-state index contributed by atoms with van der Waals surface area (Å²) in [4.78, 5) is 2.27. The highest BCUT2D eigenvalue weighted by atomic mass is 32.2. The monoisotopic (exact) mass is 300 g/mol. The van der Waals surface area contributed by atoms with Gasteiger partial charge in [-0.2, -0.15) is 11.8 Å². The lowest BCUT2D eigenvalue weighted by Crippen LogP contribution is -2.17. The highest BCUT2D eigenvalue weighted by Gasteiger charge is 2.18. The Morgan fingerprint density at radius 1 is 1.19 bits per heavy atom. The van der Waals surface area contributed by atoms with Gasteiger partial charge in [-0.25, -0.2) is 0 Å². The zero-order valence-electron chi connectivity index (χ0n) is 13.0. The molecular formula is C18H24N2S. The van der Waals surface area contributed by atoms with Crippen LogP contribution in [0.25, 0.3) is 11.3 Å². The second-order valence-electron chi connectivity index (χ2n) is 5.98. The van der Waals surface area contributed by atoms with Crippen molar-refractivity contribution in [2.24, 2.45) is 0 Å². The molecule has 1 aromatic heterocycles. The first-order valence-electron chi connectivity index (χ1n) is 7.75. The molecule has 0 amide bonds. The van der Waals surface area contributed by atoms with Gasteiger partial charge < -0.3 is 9.47 Å². The Morgan fingerprint density at radius 2 is 2.00 bits per heavy atom. The molecule has 1 aliphatic rings. The number of hydrogen-bond donors (Lipinski definition) is 0. The van der Waals surface area contributed by atoms with Gasteiger partial charge in [-0.05, 0) is 56.4 Å². The molecule has 3 heteroatoms. The van der Waals surface area contributed by atoms with E-state index < -0.39 is 0 Å². The van der Waals surface area contributed by atoms with Crippen LogP contribution in [0.4, 0.5) is 0 Å². The highest BCUT2D eigenvalue weighted by Crippen LogP contribution is 2.32. The molecule has 2 heterocycles. The van der Waals surface area contributed by atoms with Crippen molar-refractivity contribution < 1.29 is 0 Å². The van der Waals surface area contributed by atoms with Crippen LogP contribution in [0.1, 0.15) is 17.7 Å². The molecule has 3 rings (SSSR count). The number of fused-ring (bicyclic) bond motifs is 1. The highest BCUT2D eigenvalue weighted by molar-refractivity contribution is 7.98. The minimum atomic E-state index is 1.13. The number of hydrogen-bond acceptors (Lipinski definition) is 2. The Bertz CT molecular complexity index is 587. The standard InChI is InChI=1S/C18H24N2S/c1-19(2)10-6-11-20-17-9-12-21-14-16(17)13-18(20)15-7-4-3-5-8-15/h3-5,7-8,13H,6,9-12,14H2,1-2H3. The zero-order chi connectivity index (χ0) is 14.7. The van der Waals surface area contributed by atoms with Crippen LogP contribution in [-0.4, -0.2) is 35.9 Å². The fraction of sp³-hybridized carbons (Fsp3) is 0.444. The van der Waals surface area contributed by atoms with E-state index in [4.69, 9.17) is 0 Å². The van der Waals surface area contributed by atoms with Gasteiger partial charge in [0, 0.05) is 23.7 Å². The normalized spacial score (nSPS) is 14.4. The summed E-state index contributed by atoms with van der Waals surface area (Å²) in [6.07, 6.45) is 2.43. The number of nitrogens with zero attached hydrogens (tertiary/aromatic N) is 2. The third kappa shape index (κ3) is 3.35. The van der Waals surface area contributed by atoms with E-state index in [9.17, 15) is 0 Å². The summed E-state index contributed by atoms with van der Waals surface area (Å²) < 4.78 is 2.58. The van der Waals surface area contributed by atoms with Crippen LogP contribution in [0, 0.1) is 0 Å². The van der Waals surface area contributed by atoms with Gasteiger partial charge in [0.05, 0.1) is 0 Å². The van der Waals surface area contributed by atoms with Gasteiger partial charge in [0.25, 0.3) is 0 Å². The lowest BCUT2D eigenvalue weighted by molar-refractivity contribution is 0.385. The molecule has 0 spiro atoms. The van der Waals surface area contributed by atoms with Gasteiger partial charge >= 0.3 is 0 Å². The Morgan fingerprint density at radius 3 is 2.76 bits per heavy atom. The lowest BCUT2D eigenvalue weighted by Gasteiger charge is -2.18. The second kappa shape index (κ2) is 6.71. The summed E-state index contributed by atoms with van der Waals surface area (Å²) in [6.45, 7) is 2.28. The van der Waals surface area contributed by atoms with Crippen LogP contribution in [0.3, 0.4) is 0 Å². The number of thioether (sulfide) groups is 1. The van der Waals surface area contributed by atoms with Crippen molar-refractivity contribution in [2.45, 2.75) is 25.1 Å². The molecule has 0 bridgehead atoms. The Labute approximate surface area is 132 Å². The van der Waals surface area contributed by atoms with Crippen LogP contribution in [0.2, 0.25) is 0 Å². The summed E-state index contributed by atoms with van der Waals surface area (Å²) in [5, 5.41) is 0. The average Bonchev–Trinajstić information content (AvgIpc) is 2.87. The Hall–Kier alpha value is -1.19. The van der Waals surface area contributed by atoms with E-state index in [1.807, 2.05) is 0 Å². The van der Waals surface area contributed by atoms with Crippen molar-refractivity contribution in [1.29, 1.82) is 0 Å². The molecule has 21 heavy (non-hydrogen) atoms. The van der Waals surface area contributed by atoms with Crippen LogP contribution >= 0.6 is 11.8 Å². The fourth-order valence-corrected chi connectivity index (χ4v) is 4.02. The lowest BCUT2D eigenvalue weighted by atomic mass is 10.1. The Kier molecular flexibility index (Phi) is 4.71. The molecule has 0 radical (unpaired) electrons. The smallest absolute Gasteiger partial charge is 0.0485 e. The van der Waals surface area contributed by atoms with Crippen molar-refractivity contribution in [1.82, 2.24) is 9.47 Å². The zero-order valence-corrected chi connectivity index (χ0v) is 13.8. The molecule has 1 aromatic carbocycles. The predicted molar refractivity (Wildman–Crippen MR) is 92.9 cm³/mol. The molecule has 0 atom stereocenters. The molecule has 2 nitrogen and oxygen atoms in total. The maximum absolute atomic E-state index is 2.58. The molecule has 0 fully saturated rings. The number of aromatic nitrogens is 1. The minimum Gasteiger partial charge on any atom is -0.344 e. The molecule has 0 saturated carbocycles. The van der Waals surface area contributed by atoms with Gasteiger partial charge in [-0.1, -0.05) is 30.3 Å². The van der Waals surface area contributed by atoms with Gasteiger partial charge in [0.1, 0.15) is 0 Å². The van der Waals surface area contributed by atoms with Crippen molar-refractivity contribution >= 4 is 11.8 Å². The van der Waals surface area contributed by atoms with Gasteiger partial charge in [-0.15, -0.1) is 0 Å². The average molecular weight is 300 g/mol.